The summed E-state index contributed by atoms with van der Waals surface area (Å²) in [5, 5.41) is 10.8. The zero-order chi connectivity index (χ0) is 20.0. The van der Waals surface area contributed by atoms with Crippen LogP contribution < -0.4 is 15.1 Å². The number of benzene rings is 1. The molecule has 1 N–H and O–H groups in total. The Hall–Kier alpha value is -2.69. The average Bonchev–Trinajstić information content (AvgIpc) is 2.58. The van der Waals surface area contributed by atoms with Crippen LogP contribution in [-0.2, 0) is 0 Å². The molecule has 1 aromatic carbocycles. The number of ether oxygens (including phenoxy) is 2. The Morgan fingerprint density at radius 1 is 1.22 bits per heavy atom. The van der Waals surface area contributed by atoms with Crippen molar-refractivity contribution in [3.05, 3.63) is 51.9 Å². The Balaban J connectivity index is 2.20. The van der Waals surface area contributed by atoms with E-state index in [0.717, 1.165) is 12.8 Å². The molecule has 0 atom stereocenters. The maximum atomic E-state index is 12.2. The first-order valence-electron chi connectivity index (χ1n) is 9.16. The quantitative estimate of drug-likeness (QED) is 0.499. The van der Waals surface area contributed by atoms with Gasteiger partial charge in [0, 0.05) is 0 Å². The first kappa shape index (κ1) is 20.6. The molecule has 0 saturated heterocycles. The van der Waals surface area contributed by atoms with Gasteiger partial charge in [0.25, 0.3) is 0 Å². The molecular formula is C22H28O5. The number of hydrogen-bond donors (Lipinski definition) is 1. The molecular weight excluding hydrogens is 344 g/mol. The Bertz CT molecular complexity index is 899. The van der Waals surface area contributed by atoms with Crippen molar-refractivity contribution >= 4 is 11.0 Å². The molecule has 0 unspecified atom stereocenters. The monoisotopic (exact) mass is 372 g/mol. The van der Waals surface area contributed by atoms with Gasteiger partial charge in [-0.1, -0.05) is 23.3 Å². The van der Waals surface area contributed by atoms with Crippen molar-refractivity contribution < 1.29 is 19.0 Å². The molecule has 0 fully saturated rings. The maximum absolute atomic E-state index is 12.2. The highest BCUT2D eigenvalue weighted by Crippen LogP contribution is 2.36. The first-order valence-corrected chi connectivity index (χ1v) is 9.16. The molecule has 1 aromatic heterocycles. The third-order valence-corrected chi connectivity index (χ3v) is 3.94. The lowest BCUT2D eigenvalue weighted by Gasteiger charge is -2.12. The molecule has 1 heterocycles. The van der Waals surface area contributed by atoms with Crippen molar-refractivity contribution in [2.24, 2.45) is 0 Å². The lowest BCUT2D eigenvalue weighted by Crippen LogP contribution is -2.13. The molecule has 5 heteroatoms. The SMILES string of the molecule is CC(C)=CCCC(C)=CCOc1cccc2c(O)c(OC(C)C)c(=O)oc12. The zero-order valence-electron chi connectivity index (χ0n) is 16.7. The first-order chi connectivity index (χ1) is 12.8. The van der Waals surface area contributed by atoms with Gasteiger partial charge in [-0.15, -0.1) is 0 Å². The summed E-state index contributed by atoms with van der Waals surface area (Å²) in [5.74, 6) is 0.00264. The van der Waals surface area contributed by atoms with Crippen molar-refractivity contribution in [1.29, 1.82) is 0 Å². The molecule has 0 bridgehead atoms. The third-order valence-electron chi connectivity index (χ3n) is 3.94. The topological polar surface area (TPSA) is 68.9 Å². The summed E-state index contributed by atoms with van der Waals surface area (Å²) >= 11 is 0. The lowest BCUT2D eigenvalue weighted by molar-refractivity contribution is 0.221. The van der Waals surface area contributed by atoms with Crippen molar-refractivity contribution in [2.45, 2.75) is 53.6 Å². The molecule has 5 nitrogen and oxygen atoms in total. The average molecular weight is 372 g/mol. The Kier molecular flexibility index (Phi) is 7.11. The highest BCUT2D eigenvalue weighted by Gasteiger charge is 2.18. The fourth-order valence-corrected chi connectivity index (χ4v) is 2.58. The van der Waals surface area contributed by atoms with E-state index in [1.54, 1.807) is 32.0 Å². The Labute approximate surface area is 159 Å². The van der Waals surface area contributed by atoms with Crippen LogP contribution in [0, 0.1) is 0 Å². The van der Waals surface area contributed by atoms with E-state index in [-0.39, 0.29) is 23.2 Å². The summed E-state index contributed by atoms with van der Waals surface area (Å²) in [6.45, 7) is 10.1. The van der Waals surface area contributed by atoms with Crippen LogP contribution in [0.25, 0.3) is 11.0 Å². The van der Waals surface area contributed by atoms with Crippen LogP contribution in [-0.4, -0.2) is 17.8 Å². The van der Waals surface area contributed by atoms with Crippen LogP contribution in [0.3, 0.4) is 0 Å². The summed E-state index contributed by atoms with van der Waals surface area (Å²) < 4.78 is 16.5. The highest BCUT2D eigenvalue weighted by molar-refractivity contribution is 5.89. The minimum Gasteiger partial charge on any atom is -0.504 e. The zero-order valence-corrected chi connectivity index (χ0v) is 16.7. The van der Waals surface area contributed by atoms with Gasteiger partial charge >= 0.3 is 5.63 Å². The minimum atomic E-state index is -0.724. The van der Waals surface area contributed by atoms with Gasteiger partial charge in [-0.05, 0) is 65.7 Å². The van der Waals surface area contributed by atoms with Crippen molar-refractivity contribution in [3.8, 4) is 17.2 Å². The van der Waals surface area contributed by atoms with Crippen LogP contribution >= 0.6 is 0 Å². The number of rotatable bonds is 8. The molecule has 2 aromatic rings. The number of allylic oxidation sites excluding steroid dienone is 3. The summed E-state index contributed by atoms with van der Waals surface area (Å²) in [7, 11) is 0. The van der Waals surface area contributed by atoms with Gasteiger partial charge < -0.3 is 19.0 Å². The van der Waals surface area contributed by atoms with Crippen LogP contribution in [0.5, 0.6) is 17.2 Å². The highest BCUT2D eigenvalue weighted by atomic mass is 16.5. The smallest absolute Gasteiger partial charge is 0.383 e. The predicted molar refractivity (Wildman–Crippen MR) is 108 cm³/mol. The van der Waals surface area contributed by atoms with E-state index in [4.69, 9.17) is 13.9 Å². The Morgan fingerprint density at radius 3 is 2.63 bits per heavy atom. The van der Waals surface area contributed by atoms with Gasteiger partial charge in [0.1, 0.15) is 6.61 Å². The van der Waals surface area contributed by atoms with E-state index in [2.05, 4.69) is 26.8 Å². The second kappa shape index (κ2) is 9.31. The van der Waals surface area contributed by atoms with Gasteiger partial charge in [-0.3, -0.25) is 0 Å². The van der Waals surface area contributed by atoms with Gasteiger partial charge in [0.05, 0.1) is 11.5 Å². The van der Waals surface area contributed by atoms with E-state index in [1.807, 2.05) is 6.08 Å². The fraction of sp³-hybridized carbons (Fsp3) is 0.409. The molecule has 146 valence electrons. The molecule has 0 amide bonds. The van der Waals surface area contributed by atoms with Crippen LogP contribution in [0.2, 0.25) is 0 Å². The lowest BCUT2D eigenvalue weighted by atomic mass is 10.1. The molecule has 0 saturated carbocycles. The Morgan fingerprint density at radius 2 is 1.96 bits per heavy atom. The van der Waals surface area contributed by atoms with Gasteiger partial charge in [0.15, 0.2) is 17.1 Å². The van der Waals surface area contributed by atoms with Crippen molar-refractivity contribution in [1.82, 2.24) is 0 Å². The molecule has 0 aliphatic carbocycles. The predicted octanol–water partition coefficient (Wildman–Crippen LogP) is 5.36. The third kappa shape index (κ3) is 5.64. The summed E-state index contributed by atoms with van der Waals surface area (Å²) in [6, 6.07) is 5.11. The van der Waals surface area contributed by atoms with E-state index >= 15 is 0 Å². The van der Waals surface area contributed by atoms with Crippen LogP contribution in [0.15, 0.2) is 50.7 Å². The van der Waals surface area contributed by atoms with E-state index < -0.39 is 5.63 Å². The molecule has 0 spiro atoms. The molecule has 0 aliphatic heterocycles. The van der Waals surface area contributed by atoms with Gasteiger partial charge in [-0.2, -0.15) is 0 Å². The number of para-hydroxylation sites is 1. The maximum Gasteiger partial charge on any atom is 0.383 e. The molecule has 0 aliphatic rings. The summed E-state index contributed by atoms with van der Waals surface area (Å²) in [6.07, 6.45) is 5.93. The van der Waals surface area contributed by atoms with Crippen LogP contribution in [0.1, 0.15) is 47.5 Å². The van der Waals surface area contributed by atoms with E-state index in [9.17, 15) is 9.90 Å². The fourth-order valence-electron chi connectivity index (χ4n) is 2.58. The largest absolute Gasteiger partial charge is 0.504 e. The van der Waals surface area contributed by atoms with Crippen molar-refractivity contribution in [3.63, 3.8) is 0 Å². The minimum absolute atomic E-state index is 0.176. The second-order valence-electron chi connectivity index (χ2n) is 7.05. The van der Waals surface area contributed by atoms with E-state index in [1.165, 1.54) is 11.1 Å². The summed E-state index contributed by atoms with van der Waals surface area (Å²) in [4.78, 5) is 12.2. The van der Waals surface area contributed by atoms with Crippen molar-refractivity contribution in [2.75, 3.05) is 6.61 Å². The number of hydrogen-bond acceptors (Lipinski definition) is 5. The van der Waals surface area contributed by atoms with Gasteiger partial charge in [0.2, 0.25) is 5.75 Å². The normalized spacial score (nSPS) is 11.7. The molecule has 2 rings (SSSR count). The van der Waals surface area contributed by atoms with Gasteiger partial charge in [-0.25, -0.2) is 4.79 Å². The standard InChI is InChI=1S/C22H28O5/c1-14(2)8-6-9-16(5)12-13-25-18-11-7-10-17-19(23)21(26-15(3)4)22(24)27-20(17)18/h7-8,10-12,15,23H,6,9,13H2,1-5H3. The van der Waals surface area contributed by atoms with Crippen LogP contribution in [0.4, 0.5) is 0 Å². The molecule has 0 radical (unpaired) electrons. The summed E-state index contributed by atoms with van der Waals surface area (Å²) in [5.41, 5.74) is 2.03. The number of aromatic hydroxyl groups is 1. The van der Waals surface area contributed by atoms with E-state index in [0.29, 0.717) is 17.7 Å². The molecule has 27 heavy (non-hydrogen) atoms. The second-order valence-corrected chi connectivity index (χ2v) is 7.05. The number of fused-ring (bicyclic) bond motifs is 1.